The third-order valence-electron chi connectivity index (χ3n) is 4.08. The van der Waals surface area contributed by atoms with Crippen LogP contribution in [-0.4, -0.2) is 71.3 Å². The maximum atomic E-state index is 12.1. The first-order chi connectivity index (χ1) is 13.2. The minimum atomic E-state index is -4.34. The van der Waals surface area contributed by atoms with Gasteiger partial charge in [0.05, 0.1) is 12.4 Å². The van der Waals surface area contributed by atoms with E-state index in [0.29, 0.717) is 0 Å². The van der Waals surface area contributed by atoms with E-state index >= 15 is 0 Å². The van der Waals surface area contributed by atoms with Crippen molar-refractivity contribution in [2.24, 2.45) is 0 Å². The summed E-state index contributed by atoms with van der Waals surface area (Å²) in [5, 5.41) is 19.6. The lowest BCUT2D eigenvalue weighted by atomic mass is 10.1. The highest BCUT2D eigenvalue weighted by Crippen LogP contribution is 2.52. The fraction of sp³-hybridized carbons (Fsp3) is 0.500. The van der Waals surface area contributed by atoms with Crippen molar-refractivity contribution in [3.8, 4) is 0 Å². The summed E-state index contributed by atoms with van der Waals surface area (Å²) in [6.45, 7) is -0.313. The first-order valence-corrected chi connectivity index (χ1v) is 10.3. The number of rotatable bonds is 4. The predicted molar refractivity (Wildman–Crippen MR) is 91.5 cm³/mol. The molecule has 5 atom stereocenters. The second kappa shape index (κ2) is 6.81. The number of phosphoric ester groups is 1. The Labute approximate surface area is 159 Å². The van der Waals surface area contributed by atoms with Crippen LogP contribution in [0.1, 0.15) is 6.23 Å². The maximum Gasteiger partial charge on any atom is 0.472 e. The van der Waals surface area contributed by atoms with Crippen molar-refractivity contribution < 1.29 is 38.3 Å². The number of ether oxygens (including phenoxy) is 1. The molecule has 2 aromatic heterocycles. The highest BCUT2D eigenvalue weighted by molar-refractivity contribution is 7.99. The van der Waals surface area contributed by atoms with Gasteiger partial charge in [-0.05, 0) is 0 Å². The van der Waals surface area contributed by atoms with Gasteiger partial charge in [-0.1, -0.05) is 11.8 Å². The number of nitrogen functional groups attached to an aromatic ring is 1. The molecule has 2 aliphatic heterocycles. The topological polar surface area (TPSA) is 212 Å². The Morgan fingerprint density at radius 2 is 2.21 bits per heavy atom. The van der Waals surface area contributed by atoms with Gasteiger partial charge in [0.15, 0.2) is 22.5 Å². The Kier molecular flexibility index (Phi) is 4.70. The highest BCUT2D eigenvalue weighted by Gasteiger charge is 2.53. The zero-order chi connectivity index (χ0) is 20.2. The Morgan fingerprint density at radius 1 is 1.46 bits per heavy atom. The summed E-state index contributed by atoms with van der Waals surface area (Å²) in [6, 6.07) is 0. The number of anilines is 1. The molecular weight excluding hydrogens is 421 g/mol. The summed E-state index contributed by atoms with van der Waals surface area (Å²) in [6.07, 6.45) is -4.78. The van der Waals surface area contributed by atoms with Crippen LogP contribution >= 0.6 is 19.6 Å². The van der Waals surface area contributed by atoms with Crippen LogP contribution in [-0.2, 0) is 23.1 Å². The van der Waals surface area contributed by atoms with Gasteiger partial charge in [-0.15, -0.1) is 0 Å². The van der Waals surface area contributed by atoms with Crippen LogP contribution in [0.15, 0.2) is 9.95 Å². The molecular formula is C12H14N5O9PS. The summed E-state index contributed by atoms with van der Waals surface area (Å²) >= 11 is 0.769. The first-order valence-electron chi connectivity index (χ1n) is 7.78. The molecule has 0 aliphatic carbocycles. The number of aliphatic carboxylic acids is 1. The van der Waals surface area contributed by atoms with Crippen molar-refractivity contribution in [3.63, 3.8) is 0 Å². The predicted octanol–water partition coefficient (Wildman–Crippen LogP) is -1.35. The number of imidazole rings is 1. The molecule has 152 valence electrons. The smallest absolute Gasteiger partial charge is 0.472 e. The zero-order valence-electron chi connectivity index (χ0n) is 13.8. The molecule has 4 heterocycles. The molecule has 0 saturated carbocycles. The summed E-state index contributed by atoms with van der Waals surface area (Å²) < 4.78 is 28.1. The Bertz CT molecular complexity index is 1060. The van der Waals surface area contributed by atoms with E-state index in [0.717, 1.165) is 11.8 Å². The van der Waals surface area contributed by atoms with Crippen LogP contribution < -0.4 is 11.3 Å². The minimum absolute atomic E-state index is 0.0248. The first kappa shape index (κ1) is 19.3. The molecule has 2 aliphatic rings. The number of hydrogen-bond acceptors (Lipinski definition) is 11. The molecule has 2 unspecified atom stereocenters. The molecule has 0 spiro atoms. The van der Waals surface area contributed by atoms with Crippen molar-refractivity contribution in [2.45, 2.75) is 29.7 Å². The van der Waals surface area contributed by atoms with Gasteiger partial charge in [0.25, 0.3) is 5.56 Å². The number of nitrogens with one attached hydrogen (secondary N) is 1. The van der Waals surface area contributed by atoms with Crippen molar-refractivity contribution in [1.82, 2.24) is 19.5 Å². The van der Waals surface area contributed by atoms with E-state index in [1.807, 2.05) is 0 Å². The lowest BCUT2D eigenvalue weighted by molar-refractivity contribution is -0.133. The number of fused-ring (bicyclic) bond motifs is 2. The van der Waals surface area contributed by atoms with E-state index in [4.69, 9.17) is 20.1 Å². The van der Waals surface area contributed by atoms with Crippen LogP contribution in [0, 0.1) is 0 Å². The molecule has 0 bridgehead atoms. The monoisotopic (exact) mass is 435 g/mol. The van der Waals surface area contributed by atoms with Gasteiger partial charge in [-0.3, -0.25) is 28.2 Å². The fourth-order valence-electron chi connectivity index (χ4n) is 2.99. The number of nitrogens with zero attached hydrogens (tertiary/aromatic N) is 3. The SMILES string of the molecule is Nc1nc2c(nc(SCC(=O)O)n2C2O[C@H]3COP(=O)(O)O[C@@H]3[C@H]2O)c(=O)[nH]1. The molecule has 2 fully saturated rings. The molecule has 14 nitrogen and oxygen atoms in total. The standard InChI is InChI=1S/C12H14N5O9PS/c13-11-15-8-5(9(21)16-11)14-12(28-2-4(18)19)17(8)10-6(20)7-3(25-10)1-24-27(22,23)26-7/h3,6-7,10,20H,1-2H2,(H,18,19)(H,22,23)(H3,13,15,16,21)/t3-,6+,7-,10?/m0/s1. The van der Waals surface area contributed by atoms with E-state index in [1.165, 1.54) is 4.57 Å². The number of aromatic amines is 1. The molecule has 2 aromatic rings. The van der Waals surface area contributed by atoms with Crippen molar-refractivity contribution >= 4 is 42.7 Å². The van der Waals surface area contributed by atoms with Gasteiger partial charge in [-0.2, -0.15) is 4.98 Å². The number of nitrogens with two attached hydrogens (primary N) is 1. The second-order valence-electron chi connectivity index (χ2n) is 5.96. The molecule has 0 radical (unpaired) electrons. The summed E-state index contributed by atoms with van der Waals surface area (Å²) in [5.74, 6) is -1.75. The molecule has 28 heavy (non-hydrogen) atoms. The van der Waals surface area contributed by atoms with Gasteiger partial charge in [0.1, 0.15) is 18.3 Å². The third-order valence-corrected chi connectivity index (χ3v) is 6.00. The van der Waals surface area contributed by atoms with Crippen LogP contribution in [0.4, 0.5) is 5.95 Å². The molecule has 0 aromatic carbocycles. The molecule has 16 heteroatoms. The summed E-state index contributed by atoms with van der Waals surface area (Å²) in [7, 11) is -4.34. The Hall–Kier alpha value is -2.00. The van der Waals surface area contributed by atoms with Crippen LogP contribution in [0.3, 0.4) is 0 Å². The lowest BCUT2D eigenvalue weighted by Crippen LogP contribution is -2.39. The van der Waals surface area contributed by atoms with Crippen molar-refractivity contribution in [1.29, 1.82) is 0 Å². The van der Waals surface area contributed by atoms with E-state index in [-0.39, 0.29) is 28.9 Å². The fourth-order valence-corrected chi connectivity index (χ4v) is 4.69. The molecule has 6 N–H and O–H groups in total. The summed E-state index contributed by atoms with van der Waals surface area (Å²) in [5.41, 5.74) is 4.73. The third kappa shape index (κ3) is 3.30. The van der Waals surface area contributed by atoms with E-state index in [2.05, 4.69) is 19.5 Å². The second-order valence-corrected chi connectivity index (χ2v) is 8.31. The van der Waals surface area contributed by atoms with Gasteiger partial charge < -0.3 is 25.6 Å². The van der Waals surface area contributed by atoms with Crippen LogP contribution in [0.2, 0.25) is 0 Å². The van der Waals surface area contributed by atoms with E-state index in [1.54, 1.807) is 0 Å². The number of hydrogen-bond donors (Lipinski definition) is 5. The Morgan fingerprint density at radius 3 is 2.93 bits per heavy atom. The van der Waals surface area contributed by atoms with Crippen molar-refractivity contribution in [3.05, 3.63) is 10.4 Å². The quantitative estimate of drug-likeness (QED) is 0.278. The largest absolute Gasteiger partial charge is 0.481 e. The Balaban J connectivity index is 1.80. The van der Waals surface area contributed by atoms with E-state index in [9.17, 15) is 24.2 Å². The molecule has 0 amide bonds. The maximum absolute atomic E-state index is 12.1. The number of aromatic nitrogens is 4. The summed E-state index contributed by atoms with van der Waals surface area (Å²) in [4.78, 5) is 42.9. The number of carboxylic acids is 1. The lowest BCUT2D eigenvalue weighted by Gasteiger charge is -2.27. The number of aliphatic hydroxyl groups excluding tert-OH is 1. The van der Waals surface area contributed by atoms with Gasteiger partial charge in [0.2, 0.25) is 5.95 Å². The van der Waals surface area contributed by atoms with Crippen LogP contribution in [0.5, 0.6) is 0 Å². The average molecular weight is 435 g/mol. The molecule has 4 rings (SSSR count). The number of phosphoric acid groups is 1. The number of carbonyl (C=O) groups is 1. The van der Waals surface area contributed by atoms with E-state index < -0.39 is 49.6 Å². The number of thioether (sulfide) groups is 1. The highest BCUT2D eigenvalue weighted by atomic mass is 32.2. The van der Waals surface area contributed by atoms with Crippen LogP contribution in [0.25, 0.3) is 11.2 Å². The minimum Gasteiger partial charge on any atom is -0.481 e. The molecule has 2 saturated heterocycles. The van der Waals surface area contributed by atoms with Gasteiger partial charge in [-0.25, -0.2) is 9.55 Å². The van der Waals surface area contributed by atoms with Gasteiger partial charge >= 0.3 is 13.8 Å². The van der Waals surface area contributed by atoms with Gasteiger partial charge in [0, 0.05) is 0 Å². The number of carboxylic acid groups (broad SMARTS) is 1. The average Bonchev–Trinajstić information content (AvgIpc) is 3.10. The number of H-pyrrole nitrogens is 1. The van der Waals surface area contributed by atoms with Crippen molar-refractivity contribution in [2.75, 3.05) is 18.1 Å². The normalized spacial score (nSPS) is 32.5. The zero-order valence-corrected chi connectivity index (χ0v) is 15.5. The number of aliphatic hydroxyl groups is 1.